The summed E-state index contributed by atoms with van der Waals surface area (Å²) in [6.07, 6.45) is 1.86. The topological polar surface area (TPSA) is 75.3 Å². The Morgan fingerprint density at radius 3 is 2.60 bits per heavy atom. The van der Waals surface area contributed by atoms with Crippen LogP contribution in [-0.4, -0.2) is 11.1 Å². The summed E-state index contributed by atoms with van der Waals surface area (Å²) in [5.74, 6) is 4.68. The van der Waals surface area contributed by atoms with E-state index in [9.17, 15) is 9.90 Å². The van der Waals surface area contributed by atoms with E-state index in [-0.39, 0.29) is 10.8 Å². The fraction of sp³-hybridized carbons (Fsp3) is 0.450. The molecule has 0 saturated carbocycles. The van der Waals surface area contributed by atoms with Crippen molar-refractivity contribution >= 4 is 17.3 Å². The van der Waals surface area contributed by atoms with Gasteiger partial charge in [0, 0.05) is 16.3 Å². The van der Waals surface area contributed by atoms with E-state index in [2.05, 4.69) is 33.1 Å². The first-order chi connectivity index (χ1) is 11.7. The SMILES string of the molecule is CC1(C)Cc2c(sc(-c3ccccc3CNN)c2C(=O)O)C(C)(C)C1. The first kappa shape index (κ1) is 18.1. The van der Waals surface area contributed by atoms with Crippen molar-refractivity contribution in [3.63, 3.8) is 0 Å². The molecule has 0 fully saturated rings. The molecule has 2 aromatic rings. The molecule has 0 saturated heterocycles. The molecule has 1 aliphatic carbocycles. The number of carbonyl (C=O) groups is 1. The van der Waals surface area contributed by atoms with Gasteiger partial charge in [-0.05, 0) is 40.4 Å². The number of hydrogen-bond donors (Lipinski definition) is 3. The van der Waals surface area contributed by atoms with Crippen LogP contribution in [0.4, 0.5) is 0 Å². The minimum absolute atomic E-state index is 0.0226. The molecule has 0 spiro atoms. The molecule has 1 aromatic heterocycles. The third-order valence-corrected chi connectivity index (χ3v) is 6.60. The first-order valence-electron chi connectivity index (χ1n) is 8.57. The van der Waals surface area contributed by atoms with Crippen LogP contribution in [0.2, 0.25) is 0 Å². The number of carboxylic acid groups (broad SMARTS) is 1. The van der Waals surface area contributed by atoms with Gasteiger partial charge in [-0.25, -0.2) is 4.79 Å². The molecule has 4 nitrogen and oxygen atoms in total. The average molecular weight is 359 g/mol. The van der Waals surface area contributed by atoms with Crippen LogP contribution in [0, 0.1) is 5.41 Å². The number of nitrogens with two attached hydrogens (primary N) is 1. The molecule has 1 aromatic carbocycles. The molecule has 25 heavy (non-hydrogen) atoms. The van der Waals surface area contributed by atoms with Crippen molar-refractivity contribution in [2.24, 2.45) is 11.3 Å². The van der Waals surface area contributed by atoms with E-state index in [1.54, 1.807) is 11.3 Å². The van der Waals surface area contributed by atoms with Crippen LogP contribution >= 0.6 is 11.3 Å². The average Bonchev–Trinajstić information content (AvgIpc) is 2.86. The minimum Gasteiger partial charge on any atom is -0.478 e. The van der Waals surface area contributed by atoms with Crippen molar-refractivity contribution in [1.82, 2.24) is 5.43 Å². The molecular weight excluding hydrogens is 332 g/mol. The van der Waals surface area contributed by atoms with Crippen molar-refractivity contribution < 1.29 is 9.90 Å². The van der Waals surface area contributed by atoms with Gasteiger partial charge in [-0.1, -0.05) is 52.0 Å². The van der Waals surface area contributed by atoms with Gasteiger partial charge in [-0.15, -0.1) is 11.3 Å². The second kappa shape index (κ2) is 6.24. The summed E-state index contributed by atoms with van der Waals surface area (Å²) in [5.41, 5.74) is 6.24. The van der Waals surface area contributed by atoms with Crippen LogP contribution in [0.5, 0.6) is 0 Å². The maximum absolute atomic E-state index is 12.2. The molecule has 0 radical (unpaired) electrons. The lowest BCUT2D eigenvalue weighted by atomic mass is 9.65. The summed E-state index contributed by atoms with van der Waals surface area (Å²) in [6, 6.07) is 7.90. The Kier molecular flexibility index (Phi) is 4.52. The summed E-state index contributed by atoms with van der Waals surface area (Å²) in [5, 5.41) is 10.00. The Morgan fingerprint density at radius 1 is 1.28 bits per heavy atom. The van der Waals surface area contributed by atoms with E-state index < -0.39 is 5.97 Å². The Balaban J connectivity index is 2.28. The van der Waals surface area contributed by atoms with Crippen molar-refractivity contribution in [2.75, 3.05) is 0 Å². The van der Waals surface area contributed by atoms with E-state index in [0.29, 0.717) is 12.1 Å². The highest BCUT2D eigenvalue weighted by molar-refractivity contribution is 7.16. The van der Waals surface area contributed by atoms with Gasteiger partial charge in [0.15, 0.2) is 0 Å². The van der Waals surface area contributed by atoms with Gasteiger partial charge in [0.05, 0.1) is 5.56 Å². The summed E-state index contributed by atoms with van der Waals surface area (Å²) in [4.78, 5) is 14.3. The Bertz CT molecular complexity index is 821. The quantitative estimate of drug-likeness (QED) is 0.562. The van der Waals surface area contributed by atoms with Crippen LogP contribution in [0.3, 0.4) is 0 Å². The smallest absolute Gasteiger partial charge is 0.337 e. The van der Waals surface area contributed by atoms with E-state index in [1.165, 1.54) is 4.88 Å². The van der Waals surface area contributed by atoms with E-state index >= 15 is 0 Å². The number of fused-ring (bicyclic) bond motifs is 1. The third kappa shape index (κ3) is 3.24. The van der Waals surface area contributed by atoms with Crippen molar-refractivity contribution in [3.05, 3.63) is 45.8 Å². The molecule has 1 aliphatic rings. The summed E-state index contributed by atoms with van der Waals surface area (Å²) in [6.45, 7) is 9.42. The second-order valence-corrected chi connectivity index (χ2v) is 9.38. The fourth-order valence-electron chi connectivity index (χ4n) is 4.42. The lowest BCUT2D eigenvalue weighted by Gasteiger charge is -2.40. The highest BCUT2D eigenvalue weighted by Crippen LogP contribution is 2.52. The molecule has 134 valence electrons. The van der Waals surface area contributed by atoms with Gasteiger partial charge >= 0.3 is 5.97 Å². The molecule has 0 aliphatic heterocycles. The zero-order valence-electron chi connectivity index (χ0n) is 15.3. The van der Waals surface area contributed by atoms with Gasteiger partial charge in [-0.2, -0.15) is 0 Å². The van der Waals surface area contributed by atoms with Crippen molar-refractivity contribution in [3.8, 4) is 10.4 Å². The lowest BCUT2D eigenvalue weighted by molar-refractivity contribution is 0.0695. The lowest BCUT2D eigenvalue weighted by Crippen LogP contribution is -2.34. The van der Waals surface area contributed by atoms with Crippen LogP contribution < -0.4 is 11.3 Å². The molecule has 1 heterocycles. The second-order valence-electron chi connectivity index (χ2n) is 8.36. The van der Waals surface area contributed by atoms with Crippen LogP contribution in [0.15, 0.2) is 24.3 Å². The summed E-state index contributed by atoms with van der Waals surface area (Å²) < 4.78 is 0. The molecule has 4 N–H and O–H groups in total. The monoisotopic (exact) mass is 358 g/mol. The number of rotatable bonds is 4. The predicted octanol–water partition coefficient (Wildman–Crippen LogP) is 4.33. The van der Waals surface area contributed by atoms with Crippen molar-refractivity contribution in [1.29, 1.82) is 0 Å². The molecule has 0 unspecified atom stereocenters. The molecule has 0 atom stereocenters. The standard InChI is InChI=1S/C20H26N2O2S/c1-19(2)9-14-15(18(23)24)16(25-17(14)20(3,4)11-19)13-8-6-5-7-12(13)10-22-21/h5-8,22H,9-11,21H2,1-4H3,(H,23,24). The number of aromatic carboxylic acids is 1. The van der Waals surface area contributed by atoms with Crippen LogP contribution in [-0.2, 0) is 18.4 Å². The summed E-state index contributed by atoms with van der Waals surface area (Å²) in [7, 11) is 0. The first-order valence-corrected chi connectivity index (χ1v) is 9.39. The van der Waals surface area contributed by atoms with Gasteiger partial charge in [0.1, 0.15) is 0 Å². The number of hydrazine groups is 1. The third-order valence-electron chi connectivity index (χ3n) is 4.97. The number of benzene rings is 1. The maximum Gasteiger partial charge on any atom is 0.337 e. The number of nitrogens with one attached hydrogen (secondary N) is 1. The van der Waals surface area contributed by atoms with Crippen molar-refractivity contribution in [2.45, 2.75) is 52.5 Å². The Hall–Kier alpha value is -1.69. The Morgan fingerprint density at radius 2 is 1.96 bits per heavy atom. The van der Waals surface area contributed by atoms with Gasteiger partial charge in [-0.3, -0.25) is 11.3 Å². The van der Waals surface area contributed by atoms with E-state index in [4.69, 9.17) is 5.84 Å². The molecular formula is C20H26N2O2S. The minimum atomic E-state index is -0.837. The molecule has 5 heteroatoms. The fourth-order valence-corrected chi connectivity index (χ4v) is 5.89. The zero-order valence-corrected chi connectivity index (χ0v) is 16.1. The molecule has 0 bridgehead atoms. The summed E-state index contributed by atoms with van der Waals surface area (Å²) >= 11 is 1.64. The number of thiophene rings is 1. The van der Waals surface area contributed by atoms with Gasteiger partial charge in [0.2, 0.25) is 0 Å². The van der Waals surface area contributed by atoms with Gasteiger partial charge in [0.25, 0.3) is 0 Å². The van der Waals surface area contributed by atoms with Gasteiger partial charge < -0.3 is 5.11 Å². The highest BCUT2D eigenvalue weighted by Gasteiger charge is 2.42. The van der Waals surface area contributed by atoms with E-state index in [1.807, 2.05) is 24.3 Å². The highest BCUT2D eigenvalue weighted by atomic mass is 32.1. The maximum atomic E-state index is 12.2. The molecule has 0 amide bonds. The zero-order chi connectivity index (χ0) is 18.4. The number of carboxylic acids is 1. The normalized spacial score (nSPS) is 18.0. The number of hydrogen-bond acceptors (Lipinski definition) is 4. The Labute approximate surface area is 153 Å². The van der Waals surface area contributed by atoms with Crippen LogP contribution in [0.1, 0.15) is 60.5 Å². The largest absolute Gasteiger partial charge is 0.478 e. The van der Waals surface area contributed by atoms with E-state index in [0.717, 1.165) is 34.4 Å². The predicted molar refractivity (Wildman–Crippen MR) is 103 cm³/mol. The molecule has 3 rings (SSSR count). The van der Waals surface area contributed by atoms with Crippen LogP contribution in [0.25, 0.3) is 10.4 Å².